The van der Waals surface area contributed by atoms with E-state index in [1.807, 2.05) is 43.5 Å². The summed E-state index contributed by atoms with van der Waals surface area (Å²) in [5.74, 6) is 0.723. The molecule has 0 radical (unpaired) electrons. The number of nitrogens with zero attached hydrogens (tertiary/aromatic N) is 2. The van der Waals surface area contributed by atoms with Crippen LogP contribution in [0.4, 0.5) is 0 Å². The highest BCUT2D eigenvalue weighted by Gasteiger charge is 2.04. The molecular formula is C19H28IN5OS. The van der Waals surface area contributed by atoms with Crippen molar-refractivity contribution in [1.29, 1.82) is 0 Å². The number of aromatic nitrogens is 1. The van der Waals surface area contributed by atoms with Gasteiger partial charge in [0.15, 0.2) is 5.96 Å². The van der Waals surface area contributed by atoms with Crippen LogP contribution in [0.15, 0.2) is 41.5 Å². The topological polar surface area (TPSA) is 78.4 Å². The number of aliphatic imine (C=N–C) groups is 1. The van der Waals surface area contributed by atoms with Gasteiger partial charge in [-0.15, -0.1) is 35.3 Å². The number of carbonyl (C=O) groups is 1. The summed E-state index contributed by atoms with van der Waals surface area (Å²) in [4.78, 5) is 22.1. The lowest BCUT2D eigenvalue weighted by molar-refractivity contribution is -0.121. The van der Waals surface area contributed by atoms with Crippen molar-refractivity contribution in [2.24, 2.45) is 4.99 Å². The van der Waals surface area contributed by atoms with E-state index < -0.39 is 0 Å². The summed E-state index contributed by atoms with van der Waals surface area (Å²) in [6, 6.07) is 9.89. The zero-order valence-electron chi connectivity index (χ0n) is 15.8. The summed E-state index contributed by atoms with van der Waals surface area (Å²) < 4.78 is 0. The first-order valence-electron chi connectivity index (χ1n) is 8.97. The number of thiazole rings is 1. The molecule has 0 fully saturated rings. The number of rotatable bonds is 9. The molecule has 0 spiro atoms. The summed E-state index contributed by atoms with van der Waals surface area (Å²) in [6.45, 7) is 6.53. The molecular weight excluding hydrogens is 473 g/mol. The largest absolute Gasteiger partial charge is 0.357 e. The zero-order valence-corrected chi connectivity index (χ0v) is 19.0. The molecule has 148 valence electrons. The van der Waals surface area contributed by atoms with Crippen molar-refractivity contribution in [1.82, 2.24) is 20.9 Å². The van der Waals surface area contributed by atoms with Gasteiger partial charge in [-0.3, -0.25) is 4.79 Å². The van der Waals surface area contributed by atoms with Gasteiger partial charge in [0.05, 0.1) is 6.54 Å². The average Bonchev–Trinajstić information content (AvgIpc) is 3.13. The van der Waals surface area contributed by atoms with Gasteiger partial charge in [0.2, 0.25) is 5.91 Å². The maximum Gasteiger partial charge on any atom is 0.222 e. The molecule has 3 N–H and O–H groups in total. The molecule has 1 aromatic carbocycles. The number of amides is 1. The number of guanidine groups is 1. The van der Waals surface area contributed by atoms with Crippen LogP contribution in [0.25, 0.3) is 0 Å². The minimum atomic E-state index is 0. The van der Waals surface area contributed by atoms with E-state index >= 15 is 0 Å². The first kappa shape index (κ1) is 23.4. The number of halogens is 1. The third-order valence-electron chi connectivity index (χ3n) is 3.64. The first-order chi connectivity index (χ1) is 12.7. The fourth-order valence-corrected chi connectivity index (χ4v) is 3.04. The fraction of sp³-hybridized carbons (Fsp3) is 0.421. The molecule has 8 heteroatoms. The summed E-state index contributed by atoms with van der Waals surface area (Å²) in [5.41, 5.74) is 1.10. The van der Waals surface area contributed by atoms with Gasteiger partial charge in [0.1, 0.15) is 5.01 Å². The summed E-state index contributed by atoms with van der Waals surface area (Å²) in [7, 11) is 0. The van der Waals surface area contributed by atoms with Crippen molar-refractivity contribution in [2.45, 2.75) is 39.8 Å². The summed E-state index contributed by atoms with van der Waals surface area (Å²) in [5, 5.41) is 10.3. The van der Waals surface area contributed by atoms with E-state index in [9.17, 15) is 4.79 Å². The van der Waals surface area contributed by atoms with E-state index in [-0.39, 0.29) is 29.9 Å². The predicted molar refractivity (Wildman–Crippen MR) is 123 cm³/mol. The Morgan fingerprint density at radius 3 is 2.59 bits per heavy atom. The van der Waals surface area contributed by atoms with E-state index in [0.717, 1.165) is 23.5 Å². The number of nitrogens with one attached hydrogen (secondary N) is 3. The van der Waals surface area contributed by atoms with E-state index in [4.69, 9.17) is 0 Å². The zero-order chi connectivity index (χ0) is 18.6. The highest BCUT2D eigenvalue weighted by Crippen LogP contribution is 2.13. The third-order valence-corrected chi connectivity index (χ3v) is 4.77. The fourth-order valence-electron chi connectivity index (χ4n) is 2.25. The van der Waals surface area contributed by atoms with Gasteiger partial charge in [0, 0.05) is 37.1 Å². The number of carbonyl (C=O) groups excluding carboxylic acids is 1. The standard InChI is InChI=1S/C19H27N5OS.HI/c1-3-16-13-23-18(26-16)14-24-19(20-4-2)21-11-10-17(25)22-12-15-8-6-5-7-9-15;/h5-9,13H,3-4,10-12,14H2,1-2H3,(H,22,25)(H2,20,21,24);1H. The Morgan fingerprint density at radius 2 is 1.93 bits per heavy atom. The quantitative estimate of drug-likeness (QED) is 0.281. The molecule has 6 nitrogen and oxygen atoms in total. The van der Waals surface area contributed by atoms with Crippen LogP contribution in [0, 0.1) is 0 Å². The lowest BCUT2D eigenvalue weighted by Crippen LogP contribution is -2.39. The smallest absolute Gasteiger partial charge is 0.222 e. The number of hydrogen-bond donors (Lipinski definition) is 3. The second-order valence-electron chi connectivity index (χ2n) is 5.71. The lowest BCUT2D eigenvalue weighted by Gasteiger charge is -2.11. The van der Waals surface area contributed by atoms with Gasteiger partial charge >= 0.3 is 0 Å². The van der Waals surface area contributed by atoms with Crippen LogP contribution in [0.1, 0.15) is 35.7 Å². The maximum absolute atomic E-state index is 12.0. The van der Waals surface area contributed by atoms with Gasteiger partial charge in [-0.1, -0.05) is 37.3 Å². The molecule has 2 aromatic rings. The van der Waals surface area contributed by atoms with Crippen molar-refractivity contribution in [3.8, 4) is 0 Å². The summed E-state index contributed by atoms with van der Waals surface area (Å²) in [6.07, 6.45) is 3.30. The molecule has 0 aliphatic carbocycles. The predicted octanol–water partition coefficient (Wildman–Crippen LogP) is 3.09. The summed E-state index contributed by atoms with van der Waals surface area (Å²) >= 11 is 1.69. The number of hydrogen-bond acceptors (Lipinski definition) is 4. The molecule has 1 heterocycles. The second-order valence-corrected chi connectivity index (χ2v) is 6.91. The Bertz CT molecular complexity index is 705. The van der Waals surface area contributed by atoms with Gasteiger partial charge in [-0.05, 0) is 18.9 Å². The van der Waals surface area contributed by atoms with Crippen LogP contribution in [0.2, 0.25) is 0 Å². The van der Waals surface area contributed by atoms with Crippen molar-refractivity contribution >= 4 is 47.2 Å². The number of benzene rings is 1. The molecule has 0 atom stereocenters. The Labute approximate surface area is 182 Å². The molecule has 1 amide bonds. The number of aryl methyl sites for hydroxylation is 1. The molecule has 1 aromatic heterocycles. The first-order valence-corrected chi connectivity index (χ1v) is 9.79. The minimum Gasteiger partial charge on any atom is -0.357 e. The van der Waals surface area contributed by atoms with E-state index in [2.05, 4.69) is 32.9 Å². The maximum atomic E-state index is 12.0. The van der Waals surface area contributed by atoms with E-state index in [1.54, 1.807) is 11.3 Å². The second kappa shape index (κ2) is 13.5. The van der Waals surface area contributed by atoms with Crippen molar-refractivity contribution in [3.63, 3.8) is 0 Å². The molecule has 0 saturated heterocycles. The Balaban J connectivity index is 0.00000364. The van der Waals surface area contributed by atoms with Crippen LogP contribution < -0.4 is 16.0 Å². The minimum absolute atomic E-state index is 0. The van der Waals surface area contributed by atoms with E-state index in [1.165, 1.54) is 4.88 Å². The molecule has 0 saturated carbocycles. The van der Waals surface area contributed by atoms with E-state index in [0.29, 0.717) is 32.0 Å². The van der Waals surface area contributed by atoms with Crippen LogP contribution >= 0.6 is 35.3 Å². The Morgan fingerprint density at radius 1 is 1.15 bits per heavy atom. The van der Waals surface area contributed by atoms with Crippen LogP contribution in [0.5, 0.6) is 0 Å². The third kappa shape index (κ3) is 9.18. The average molecular weight is 501 g/mol. The van der Waals surface area contributed by atoms with Crippen molar-refractivity contribution in [3.05, 3.63) is 52.0 Å². The van der Waals surface area contributed by atoms with Crippen LogP contribution in [-0.2, 0) is 24.3 Å². The SMILES string of the molecule is CCNC(=NCc1ncc(CC)s1)NCCC(=O)NCc1ccccc1.I. The molecule has 0 aliphatic heterocycles. The van der Waals surface area contributed by atoms with Gasteiger partial charge in [-0.25, -0.2) is 9.98 Å². The van der Waals surface area contributed by atoms with Gasteiger partial charge in [0.25, 0.3) is 0 Å². The normalized spacial score (nSPS) is 10.8. The van der Waals surface area contributed by atoms with Crippen LogP contribution in [-0.4, -0.2) is 29.9 Å². The van der Waals surface area contributed by atoms with Crippen molar-refractivity contribution < 1.29 is 4.79 Å². The van der Waals surface area contributed by atoms with Gasteiger partial charge < -0.3 is 16.0 Å². The Kier molecular flexibility index (Phi) is 11.7. The molecule has 0 bridgehead atoms. The van der Waals surface area contributed by atoms with Gasteiger partial charge in [-0.2, -0.15) is 0 Å². The molecule has 0 aliphatic rings. The monoisotopic (exact) mass is 501 g/mol. The highest BCUT2D eigenvalue weighted by molar-refractivity contribution is 14.0. The lowest BCUT2D eigenvalue weighted by atomic mass is 10.2. The molecule has 27 heavy (non-hydrogen) atoms. The Hall–Kier alpha value is -1.68. The van der Waals surface area contributed by atoms with Crippen LogP contribution in [0.3, 0.4) is 0 Å². The molecule has 0 unspecified atom stereocenters. The van der Waals surface area contributed by atoms with Crippen molar-refractivity contribution in [2.75, 3.05) is 13.1 Å². The molecule has 2 rings (SSSR count). The highest BCUT2D eigenvalue weighted by atomic mass is 127.